The number of hydrogen-bond donors (Lipinski definition) is 3. The van der Waals surface area contributed by atoms with E-state index in [1.165, 1.54) is 4.90 Å². The number of amides is 1. The van der Waals surface area contributed by atoms with E-state index in [-0.39, 0.29) is 30.7 Å². The Labute approximate surface area is 250 Å². The van der Waals surface area contributed by atoms with Crippen molar-refractivity contribution in [3.8, 4) is 5.75 Å². The van der Waals surface area contributed by atoms with Gasteiger partial charge in [0, 0.05) is 49.9 Å². The van der Waals surface area contributed by atoms with Crippen LogP contribution in [-0.2, 0) is 32.1 Å². The van der Waals surface area contributed by atoms with Crippen molar-refractivity contribution in [2.24, 2.45) is 29.4 Å². The molecule has 1 amide bonds. The zero-order chi connectivity index (χ0) is 31.5. The molecule has 4 aliphatic rings. The molecule has 1 heterocycles. The first kappa shape index (κ1) is 31.2. The van der Waals surface area contributed by atoms with E-state index in [9.17, 15) is 38.6 Å². The number of nitrogens with two attached hydrogens (primary N) is 1. The van der Waals surface area contributed by atoms with E-state index < -0.39 is 70.5 Å². The summed E-state index contributed by atoms with van der Waals surface area (Å²) in [5.41, 5.74) is 4.44. The third-order valence-corrected chi connectivity index (χ3v) is 10.1. The van der Waals surface area contributed by atoms with Crippen molar-refractivity contribution < 1.29 is 38.6 Å². The van der Waals surface area contributed by atoms with Crippen LogP contribution in [0, 0.1) is 23.7 Å². The van der Waals surface area contributed by atoms with Crippen LogP contribution in [0.1, 0.15) is 54.6 Å². The number of carbonyl (C=O) groups is 5. The number of phenolic OH excluding ortho intramolecular Hbond substituents is 1. The van der Waals surface area contributed by atoms with Gasteiger partial charge in [0.1, 0.15) is 11.9 Å². The number of phenols is 1. The fourth-order valence-corrected chi connectivity index (χ4v) is 7.97. The summed E-state index contributed by atoms with van der Waals surface area (Å²) < 4.78 is 13.8. The molecule has 0 radical (unpaired) electrons. The predicted molar refractivity (Wildman–Crippen MR) is 154 cm³/mol. The van der Waals surface area contributed by atoms with Crippen LogP contribution in [0.15, 0.2) is 6.07 Å². The van der Waals surface area contributed by atoms with Crippen molar-refractivity contribution in [3.63, 3.8) is 0 Å². The SMILES string of the molecule is CCN(CC)c1cc(CN2CCC(F)CC2)c(O)c2c1C[C@H]1C[C@H]3[C@H](N(C)C)C(=O)C(C(N)=O)C(=O)[C@@]3(O)C(=O)C1C2=O. The molecule has 0 aromatic heterocycles. The first-order valence-electron chi connectivity index (χ1n) is 15.1. The molecule has 2 unspecified atom stereocenters. The number of aliphatic hydroxyl groups is 1. The van der Waals surface area contributed by atoms with E-state index >= 15 is 0 Å². The molecule has 1 aromatic rings. The van der Waals surface area contributed by atoms with Gasteiger partial charge < -0.3 is 20.8 Å². The summed E-state index contributed by atoms with van der Waals surface area (Å²) in [5.74, 6) is -10.6. The van der Waals surface area contributed by atoms with Gasteiger partial charge in [0.25, 0.3) is 0 Å². The number of halogens is 1. The molecule has 1 aliphatic heterocycles. The second-order valence-corrected chi connectivity index (χ2v) is 12.7. The van der Waals surface area contributed by atoms with Gasteiger partial charge in [-0.05, 0) is 71.2 Å². The molecule has 3 fully saturated rings. The van der Waals surface area contributed by atoms with Crippen molar-refractivity contribution in [1.29, 1.82) is 0 Å². The highest BCUT2D eigenvalue weighted by molar-refractivity contribution is 6.32. The fraction of sp³-hybridized carbons (Fsp3) is 0.645. The van der Waals surface area contributed by atoms with Crippen molar-refractivity contribution in [2.45, 2.75) is 63.9 Å². The minimum absolute atomic E-state index is 0.00226. The molecule has 11 nitrogen and oxygen atoms in total. The number of likely N-dealkylation sites (tertiary alicyclic amines) is 1. The number of ketones is 4. The van der Waals surface area contributed by atoms with Crippen LogP contribution in [-0.4, -0.2) is 107 Å². The lowest BCUT2D eigenvalue weighted by atomic mass is 9.52. The number of benzene rings is 1. The molecule has 234 valence electrons. The Hall–Kier alpha value is -3.22. The average Bonchev–Trinajstić information content (AvgIpc) is 2.94. The summed E-state index contributed by atoms with van der Waals surface area (Å²) in [6.07, 6.45) is 0.0928. The van der Waals surface area contributed by atoms with Crippen LogP contribution in [0.5, 0.6) is 5.75 Å². The summed E-state index contributed by atoms with van der Waals surface area (Å²) in [6, 6.07) is 0.721. The molecule has 5 rings (SSSR count). The van der Waals surface area contributed by atoms with E-state index in [4.69, 9.17) is 5.73 Å². The van der Waals surface area contributed by atoms with Crippen molar-refractivity contribution in [1.82, 2.24) is 9.80 Å². The molecular weight excluding hydrogens is 559 g/mol. The topological polar surface area (TPSA) is 162 Å². The predicted octanol–water partition coefficient (Wildman–Crippen LogP) is 0.647. The molecule has 1 saturated heterocycles. The molecule has 6 atom stereocenters. The molecule has 12 heteroatoms. The second-order valence-electron chi connectivity index (χ2n) is 12.7. The Morgan fingerprint density at radius 2 is 1.74 bits per heavy atom. The number of nitrogens with zero attached hydrogens (tertiary/aromatic N) is 3. The molecule has 0 bridgehead atoms. The number of anilines is 1. The highest BCUT2D eigenvalue weighted by atomic mass is 19.1. The van der Waals surface area contributed by atoms with Gasteiger partial charge >= 0.3 is 0 Å². The summed E-state index contributed by atoms with van der Waals surface area (Å²) in [6.45, 7) is 6.46. The molecule has 0 spiro atoms. The molecule has 43 heavy (non-hydrogen) atoms. The Kier molecular flexibility index (Phi) is 8.25. The van der Waals surface area contributed by atoms with Gasteiger partial charge in [0.05, 0.1) is 17.5 Å². The number of rotatable bonds is 7. The lowest BCUT2D eigenvalue weighted by Gasteiger charge is -2.52. The van der Waals surface area contributed by atoms with E-state index in [1.807, 2.05) is 24.8 Å². The van der Waals surface area contributed by atoms with E-state index in [1.54, 1.807) is 14.1 Å². The maximum atomic E-state index is 14.3. The zero-order valence-electron chi connectivity index (χ0n) is 25.1. The summed E-state index contributed by atoms with van der Waals surface area (Å²) in [4.78, 5) is 73.0. The van der Waals surface area contributed by atoms with Crippen LogP contribution in [0.25, 0.3) is 0 Å². The smallest absolute Gasteiger partial charge is 0.235 e. The van der Waals surface area contributed by atoms with Gasteiger partial charge in [-0.25, -0.2) is 4.39 Å². The Morgan fingerprint density at radius 1 is 1.12 bits per heavy atom. The van der Waals surface area contributed by atoms with Gasteiger partial charge in [-0.15, -0.1) is 0 Å². The standard InChI is InChI=1S/C31H41FN4O7/c1-5-36(6-2)20-13-16(14-35-9-7-17(32)8-10-35)25(37)22-18(20)11-15-12-19-24(34(3)4)27(39)23(30(33)42)29(41)31(19,43)28(40)21(15)26(22)38/h13,15,17,19,21,23-24,37,43H,5-12,14H2,1-4H3,(H2,33,42)/t15-,19-,21?,23?,24-,31-/m0/s1. The fourth-order valence-electron chi connectivity index (χ4n) is 7.97. The maximum Gasteiger partial charge on any atom is 0.235 e. The number of alkyl halides is 1. The van der Waals surface area contributed by atoms with Gasteiger partial charge in [-0.3, -0.25) is 33.8 Å². The molecule has 1 aromatic carbocycles. The van der Waals surface area contributed by atoms with E-state index in [0.29, 0.717) is 50.1 Å². The molecule has 4 N–H and O–H groups in total. The first-order valence-corrected chi connectivity index (χ1v) is 15.1. The highest BCUT2D eigenvalue weighted by Gasteiger charge is 2.69. The zero-order valence-corrected chi connectivity index (χ0v) is 25.1. The Morgan fingerprint density at radius 3 is 2.30 bits per heavy atom. The molecule has 2 saturated carbocycles. The number of Topliss-reactive ketones (excluding diaryl/α,β-unsaturated/α-hetero) is 4. The number of aromatic hydroxyl groups is 1. The van der Waals surface area contributed by atoms with Crippen LogP contribution < -0.4 is 10.6 Å². The van der Waals surface area contributed by atoms with Gasteiger partial charge in [0.2, 0.25) is 5.91 Å². The minimum Gasteiger partial charge on any atom is -0.507 e. The van der Waals surface area contributed by atoms with E-state index in [0.717, 1.165) is 5.69 Å². The molecule has 3 aliphatic carbocycles. The maximum absolute atomic E-state index is 14.3. The van der Waals surface area contributed by atoms with Crippen molar-refractivity contribution in [2.75, 3.05) is 45.2 Å². The largest absolute Gasteiger partial charge is 0.507 e. The van der Waals surface area contributed by atoms with Crippen molar-refractivity contribution in [3.05, 3.63) is 22.8 Å². The number of fused-ring (bicyclic) bond motifs is 3. The lowest BCUT2D eigenvalue weighted by molar-refractivity contribution is -0.181. The quantitative estimate of drug-likeness (QED) is 0.379. The summed E-state index contributed by atoms with van der Waals surface area (Å²) in [7, 11) is 3.12. The third kappa shape index (κ3) is 4.78. The second kappa shape index (κ2) is 11.4. The van der Waals surface area contributed by atoms with Gasteiger partial charge in [0.15, 0.2) is 34.7 Å². The first-order chi connectivity index (χ1) is 20.3. The normalized spacial score (nSPS) is 31.6. The number of carbonyl (C=O) groups excluding carboxylic acids is 5. The molecular formula is C31H41FN4O7. The lowest BCUT2D eigenvalue weighted by Crippen LogP contribution is -2.74. The number of likely N-dealkylation sites (N-methyl/N-ethyl adjacent to an activating group) is 1. The van der Waals surface area contributed by atoms with Crippen LogP contribution in [0.4, 0.5) is 10.1 Å². The highest BCUT2D eigenvalue weighted by Crippen LogP contribution is 2.52. The minimum atomic E-state index is -2.76. The van der Waals surface area contributed by atoms with Crippen LogP contribution >= 0.6 is 0 Å². The Balaban J connectivity index is 1.62. The monoisotopic (exact) mass is 600 g/mol. The van der Waals surface area contributed by atoms with Crippen LogP contribution in [0.3, 0.4) is 0 Å². The van der Waals surface area contributed by atoms with Crippen molar-refractivity contribution >= 4 is 34.7 Å². The summed E-state index contributed by atoms with van der Waals surface area (Å²) in [5, 5.41) is 23.4. The van der Waals surface area contributed by atoms with Gasteiger partial charge in [-0.2, -0.15) is 0 Å². The van der Waals surface area contributed by atoms with Crippen LogP contribution in [0.2, 0.25) is 0 Å². The Bertz CT molecular complexity index is 1370. The van der Waals surface area contributed by atoms with E-state index in [2.05, 4.69) is 4.90 Å². The number of primary amides is 1. The number of piperidine rings is 1. The number of hydrogen-bond acceptors (Lipinski definition) is 10. The van der Waals surface area contributed by atoms with Gasteiger partial charge in [-0.1, -0.05) is 0 Å². The summed E-state index contributed by atoms with van der Waals surface area (Å²) >= 11 is 0. The third-order valence-electron chi connectivity index (χ3n) is 10.1. The average molecular weight is 601 g/mol.